The molecule has 230 valence electrons. The Morgan fingerprint density at radius 2 is 1.55 bits per heavy atom. The molecule has 0 fully saturated rings. The zero-order chi connectivity index (χ0) is 29.9. The highest BCUT2D eigenvalue weighted by Crippen LogP contribution is 2.34. The first kappa shape index (κ1) is 36.2. The average Bonchev–Trinajstić information content (AvgIpc) is 2.91. The van der Waals surface area contributed by atoms with Crippen LogP contribution in [0.25, 0.3) is 0 Å². The first-order valence-electron chi connectivity index (χ1n) is 16.3. The first-order valence-corrected chi connectivity index (χ1v) is 16.3. The fourth-order valence-corrected chi connectivity index (χ4v) is 5.32. The van der Waals surface area contributed by atoms with E-state index in [-0.39, 0.29) is 11.8 Å². The van der Waals surface area contributed by atoms with E-state index in [1.165, 1.54) is 60.8 Å². The molecule has 0 aromatic heterocycles. The van der Waals surface area contributed by atoms with E-state index in [1.807, 2.05) is 6.08 Å². The van der Waals surface area contributed by atoms with E-state index < -0.39 is 12.1 Å². The SMILES string of the molecule is CCCCCCCCOC1=C(C)C(C)C(O)C=C1CCC(C)CC/C=C(\C)CCC/C(C)=C/CCC(C)C(=O)O. The van der Waals surface area contributed by atoms with E-state index in [4.69, 9.17) is 9.84 Å². The second kappa shape index (κ2) is 21.0. The number of aliphatic carboxylic acids is 1. The fraction of sp³-hybridized carbons (Fsp3) is 0.750. The third-order valence-corrected chi connectivity index (χ3v) is 8.68. The lowest BCUT2D eigenvalue weighted by Crippen LogP contribution is -2.23. The van der Waals surface area contributed by atoms with E-state index in [1.54, 1.807) is 6.92 Å². The number of unbranched alkanes of at least 4 members (excludes halogenated alkanes) is 5. The summed E-state index contributed by atoms with van der Waals surface area (Å²) in [7, 11) is 0. The van der Waals surface area contributed by atoms with Crippen LogP contribution in [0.4, 0.5) is 0 Å². The maximum atomic E-state index is 10.9. The fourth-order valence-electron chi connectivity index (χ4n) is 5.32. The molecule has 0 heterocycles. The molecule has 0 amide bonds. The molecular formula is C36H62O4. The summed E-state index contributed by atoms with van der Waals surface area (Å²) in [5.41, 5.74) is 5.24. The Morgan fingerprint density at radius 3 is 2.17 bits per heavy atom. The highest BCUT2D eigenvalue weighted by Gasteiger charge is 2.26. The molecule has 4 atom stereocenters. The summed E-state index contributed by atoms with van der Waals surface area (Å²) in [5.74, 6) is 0.825. The number of hydrogen-bond donors (Lipinski definition) is 2. The van der Waals surface area contributed by atoms with Crippen LogP contribution in [0.15, 0.2) is 46.3 Å². The minimum absolute atomic E-state index is 0.119. The van der Waals surface area contributed by atoms with Gasteiger partial charge >= 0.3 is 5.97 Å². The van der Waals surface area contributed by atoms with Crippen molar-refractivity contribution >= 4 is 5.97 Å². The number of carboxylic acids is 1. The molecule has 1 aliphatic carbocycles. The molecule has 0 bridgehead atoms. The van der Waals surface area contributed by atoms with Gasteiger partial charge in [0.2, 0.25) is 0 Å². The molecule has 0 aromatic carbocycles. The third kappa shape index (κ3) is 15.3. The highest BCUT2D eigenvalue weighted by molar-refractivity contribution is 5.69. The summed E-state index contributed by atoms with van der Waals surface area (Å²) in [6, 6.07) is 0. The number of carboxylic acid groups (broad SMARTS) is 1. The van der Waals surface area contributed by atoms with Gasteiger partial charge in [-0.1, -0.05) is 83.1 Å². The lowest BCUT2D eigenvalue weighted by atomic mass is 9.84. The van der Waals surface area contributed by atoms with Crippen molar-refractivity contribution in [3.8, 4) is 0 Å². The maximum Gasteiger partial charge on any atom is 0.306 e. The number of aliphatic hydroxyl groups excluding tert-OH is 1. The van der Waals surface area contributed by atoms with Crippen LogP contribution in [0.3, 0.4) is 0 Å². The van der Waals surface area contributed by atoms with Crippen molar-refractivity contribution < 1.29 is 19.7 Å². The predicted octanol–water partition coefficient (Wildman–Crippen LogP) is 10.3. The van der Waals surface area contributed by atoms with Gasteiger partial charge in [0.25, 0.3) is 0 Å². The molecule has 0 aromatic rings. The summed E-state index contributed by atoms with van der Waals surface area (Å²) in [5, 5.41) is 19.6. The molecular weight excluding hydrogens is 496 g/mol. The van der Waals surface area contributed by atoms with Gasteiger partial charge in [0.05, 0.1) is 18.6 Å². The van der Waals surface area contributed by atoms with Crippen LogP contribution in [0, 0.1) is 17.8 Å². The standard InChI is InChI=1S/C36H62O4/c1-8-9-10-11-12-13-25-40-35-32(7)31(6)34(37)26-33(35)24-23-29(4)20-15-19-27(2)17-14-18-28(3)21-16-22-30(5)36(38)39/h19,21,26,29-31,34,37H,8-18,20,22-25H2,1-7H3,(H,38,39)/b27-19+,28-21+. The van der Waals surface area contributed by atoms with Crippen LogP contribution in [-0.2, 0) is 9.53 Å². The van der Waals surface area contributed by atoms with E-state index >= 15 is 0 Å². The summed E-state index contributed by atoms with van der Waals surface area (Å²) < 4.78 is 6.34. The molecule has 4 heteroatoms. The Hall–Kier alpha value is -1.81. The van der Waals surface area contributed by atoms with Crippen molar-refractivity contribution in [3.63, 3.8) is 0 Å². The lowest BCUT2D eigenvalue weighted by molar-refractivity contribution is -0.141. The van der Waals surface area contributed by atoms with Gasteiger partial charge in [0, 0.05) is 5.92 Å². The van der Waals surface area contributed by atoms with Gasteiger partial charge in [-0.2, -0.15) is 0 Å². The zero-order valence-corrected chi connectivity index (χ0v) is 27.1. The number of ether oxygens (including phenoxy) is 1. The lowest BCUT2D eigenvalue weighted by Gasteiger charge is -2.29. The number of allylic oxidation sites excluding steroid dienone is 5. The average molecular weight is 559 g/mol. The minimum atomic E-state index is -0.704. The van der Waals surface area contributed by atoms with Crippen LogP contribution in [0.5, 0.6) is 0 Å². The largest absolute Gasteiger partial charge is 0.493 e. The normalized spacial score (nSPS) is 19.9. The molecule has 1 rings (SSSR count). The molecule has 0 spiro atoms. The van der Waals surface area contributed by atoms with Gasteiger partial charge in [0.15, 0.2) is 0 Å². The zero-order valence-electron chi connectivity index (χ0n) is 27.1. The smallest absolute Gasteiger partial charge is 0.306 e. The highest BCUT2D eigenvalue weighted by atomic mass is 16.5. The van der Waals surface area contributed by atoms with Gasteiger partial charge in [-0.05, 0) is 108 Å². The molecule has 40 heavy (non-hydrogen) atoms. The predicted molar refractivity (Wildman–Crippen MR) is 170 cm³/mol. The summed E-state index contributed by atoms with van der Waals surface area (Å²) in [6.45, 7) is 15.8. The Kier molecular flexibility index (Phi) is 19.0. The molecule has 4 nitrogen and oxygen atoms in total. The molecule has 0 saturated carbocycles. The van der Waals surface area contributed by atoms with Crippen molar-refractivity contribution in [2.24, 2.45) is 17.8 Å². The maximum absolute atomic E-state index is 10.9. The summed E-state index contributed by atoms with van der Waals surface area (Å²) >= 11 is 0. The van der Waals surface area contributed by atoms with Crippen molar-refractivity contribution in [1.82, 2.24) is 0 Å². The number of hydrogen-bond acceptors (Lipinski definition) is 3. The summed E-state index contributed by atoms with van der Waals surface area (Å²) in [6.07, 6.45) is 23.1. The van der Waals surface area contributed by atoms with Crippen molar-refractivity contribution in [1.29, 1.82) is 0 Å². The van der Waals surface area contributed by atoms with Gasteiger partial charge in [0.1, 0.15) is 5.76 Å². The number of carbonyl (C=O) groups is 1. The number of rotatable bonds is 22. The second-order valence-corrected chi connectivity index (χ2v) is 12.6. The number of aliphatic hydroxyl groups is 1. The van der Waals surface area contributed by atoms with E-state index in [0.29, 0.717) is 12.3 Å². The molecule has 0 radical (unpaired) electrons. The Bertz CT molecular complexity index is 847. The van der Waals surface area contributed by atoms with Crippen LogP contribution >= 0.6 is 0 Å². The van der Waals surface area contributed by atoms with Crippen LogP contribution < -0.4 is 0 Å². The molecule has 0 saturated heterocycles. The first-order chi connectivity index (χ1) is 19.1. The van der Waals surface area contributed by atoms with Crippen molar-refractivity contribution in [2.45, 2.75) is 151 Å². The molecule has 1 aliphatic rings. The molecule has 0 aliphatic heterocycles. The quantitative estimate of drug-likeness (QED) is 0.102. The Morgan fingerprint density at radius 1 is 0.950 bits per heavy atom. The molecule has 4 unspecified atom stereocenters. The van der Waals surface area contributed by atoms with Gasteiger partial charge in [-0.3, -0.25) is 4.79 Å². The van der Waals surface area contributed by atoms with E-state index in [0.717, 1.165) is 63.7 Å². The van der Waals surface area contributed by atoms with Gasteiger partial charge in [-0.15, -0.1) is 0 Å². The second-order valence-electron chi connectivity index (χ2n) is 12.6. The van der Waals surface area contributed by atoms with Crippen molar-refractivity contribution in [3.05, 3.63) is 46.3 Å². The van der Waals surface area contributed by atoms with Crippen LogP contribution in [-0.4, -0.2) is 28.9 Å². The minimum Gasteiger partial charge on any atom is -0.493 e. The Labute approximate surface area is 247 Å². The molecule has 2 N–H and O–H groups in total. The summed E-state index contributed by atoms with van der Waals surface area (Å²) in [4.78, 5) is 10.9. The van der Waals surface area contributed by atoms with Gasteiger partial charge < -0.3 is 14.9 Å². The van der Waals surface area contributed by atoms with E-state index in [9.17, 15) is 9.90 Å². The monoisotopic (exact) mass is 558 g/mol. The van der Waals surface area contributed by atoms with Crippen LogP contribution in [0.2, 0.25) is 0 Å². The van der Waals surface area contributed by atoms with Crippen molar-refractivity contribution in [2.75, 3.05) is 6.61 Å². The van der Waals surface area contributed by atoms with E-state index in [2.05, 4.69) is 53.7 Å². The Balaban J connectivity index is 2.40. The van der Waals surface area contributed by atoms with Crippen LogP contribution in [0.1, 0.15) is 145 Å². The topological polar surface area (TPSA) is 66.8 Å². The third-order valence-electron chi connectivity index (χ3n) is 8.68. The van der Waals surface area contributed by atoms with Gasteiger partial charge in [-0.25, -0.2) is 0 Å².